The second-order valence-electron chi connectivity index (χ2n) is 9.57. The zero-order chi connectivity index (χ0) is 31.1. The highest BCUT2D eigenvalue weighted by Crippen LogP contribution is 2.57. The van der Waals surface area contributed by atoms with E-state index in [0.717, 1.165) is 34.6 Å². The van der Waals surface area contributed by atoms with Crippen LogP contribution in [0.5, 0.6) is 11.5 Å². The van der Waals surface area contributed by atoms with Crippen molar-refractivity contribution in [3.63, 3.8) is 0 Å². The number of anilines is 2. The number of carboxylic acid groups (broad SMARTS) is 1. The molecule has 2 aliphatic heterocycles. The lowest BCUT2D eigenvalue weighted by atomic mass is 9.77. The van der Waals surface area contributed by atoms with Gasteiger partial charge in [0.2, 0.25) is 0 Å². The van der Waals surface area contributed by atoms with E-state index in [4.69, 9.17) is 19.3 Å². The third kappa shape index (κ3) is 5.92. The molecule has 43 heavy (non-hydrogen) atoms. The van der Waals surface area contributed by atoms with Gasteiger partial charge in [-0.25, -0.2) is 14.4 Å². The maximum Gasteiger partial charge on any atom is 0.406 e. The van der Waals surface area contributed by atoms with Crippen molar-refractivity contribution in [1.82, 2.24) is 10.6 Å². The van der Waals surface area contributed by atoms with Crippen molar-refractivity contribution in [2.75, 3.05) is 50.1 Å². The third-order valence-corrected chi connectivity index (χ3v) is 7.33. The van der Waals surface area contributed by atoms with Gasteiger partial charge in [0.25, 0.3) is 0 Å². The predicted octanol–water partition coefficient (Wildman–Crippen LogP) is 5.29. The summed E-state index contributed by atoms with van der Waals surface area (Å²) in [7, 11) is 2.88. The summed E-state index contributed by atoms with van der Waals surface area (Å²) in [4.78, 5) is 38.0. The number of carbonyl (C=O) groups excluding carboxylic acids is 2. The van der Waals surface area contributed by atoms with Crippen molar-refractivity contribution in [3.05, 3.63) is 95.7 Å². The standard InChI is InChI=1S/C30H31N3O5.C2H5NO2/c1-5-32(6-2)20-12-14-24-26(18-20)37-27-19-21(33(7-3)16-17-36-29(35)31-4)13-15-25(27)30(24)23-11-9-8-10-22(23)28(34)38-30;1-3-2(4)5/h5,8-15,18-19H,1,6-7,16-17H2,2-4H3,(H,31,35);3H,1H3,(H,4,5). The van der Waals surface area contributed by atoms with E-state index in [9.17, 15) is 14.4 Å². The Balaban J connectivity index is 0.000000782. The summed E-state index contributed by atoms with van der Waals surface area (Å²) in [5.74, 6) is 0.849. The molecule has 3 N–H and O–H groups in total. The molecule has 1 unspecified atom stereocenters. The minimum Gasteiger partial charge on any atom is -0.465 e. The lowest BCUT2D eigenvalue weighted by Gasteiger charge is -2.37. The fourth-order valence-corrected chi connectivity index (χ4v) is 5.24. The van der Waals surface area contributed by atoms with Crippen LogP contribution in [0.2, 0.25) is 0 Å². The molecule has 11 heteroatoms. The minimum atomic E-state index is -1.13. The van der Waals surface area contributed by atoms with E-state index in [1.807, 2.05) is 78.7 Å². The number of nitrogens with one attached hydrogen (secondary N) is 2. The van der Waals surface area contributed by atoms with Crippen LogP contribution in [0.3, 0.4) is 0 Å². The van der Waals surface area contributed by atoms with Crippen LogP contribution in [0.25, 0.3) is 0 Å². The molecule has 226 valence electrons. The molecule has 3 aromatic rings. The summed E-state index contributed by atoms with van der Waals surface area (Å²) in [5, 5.41) is 12.0. The van der Waals surface area contributed by atoms with Gasteiger partial charge in [0.05, 0.1) is 12.1 Å². The van der Waals surface area contributed by atoms with Crippen molar-refractivity contribution < 1.29 is 33.7 Å². The van der Waals surface area contributed by atoms with Crippen molar-refractivity contribution in [3.8, 4) is 11.5 Å². The van der Waals surface area contributed by atoms with Gasteiger partial charge in [0.15, 0.2) is 5.60 Å². The fourth-order valence-electron chi connectivity index (χ4n) is 5.24. The highest BCUT2D eigenvalue weighted by atomic mass is 16.6. The maximum atomic E-state index is 13.1. The number of carbonyl (C=O) groups is 3. The Labute approximate surface area is 250 Å². The molecule has 0 radical (unpaired) electrons. The number of hydrogen-bond acceptors (Lipinski definition) is 8. The van der Waals surface area contributed by atoms with Crippen LogP contribution in [-0.4, -0.2) is 63.6 Å². The van der Waals surface area contributed by atoms with Gasteiger partial charge >= 0.3 is 18.2 Å². The van der Waals surface area contributed by atoms with Crippen LogP contribution in [-0.2, 0) is 15.1 Å². The molecule has 0 fully saturated rings. The van der Waals surface area contributed by atoms with E-state index in [0.29, 0.717) is 30.2 Å². The zero-order valence-corrected chi connectivity index (χ0v) is 24.7. The van der Waals surface area contributed by atoms with Crippen molar-refractivity contribution in [1.29, 1.82) is 0 Å². The molecular weight excluding hydrogens is 552 g/mol. The average molecular weight is 589 g/mol. The van der Waals surface area contributed by atoms with Crippen LogP contribution in [0.4, 0.5) is 21.0 Å². The number of esters is 1. The Bertz CT molecular complexity index is 1530. The van der Waals surface area contributed by atoms with Crippen LogP contribution in [0, 0.1) is 0 Å². The second-order valence-corrected chi connectivity index (χ2v) is 9.57. The first-order valence-corrected chi connectivity index (χ1v) is 13.9. The van der Waals surface area contributed by atoms with Crippen LogP contribution in [0.15, 0.2) is 73.4 Å². The quantitative estimate of drug-likeness (QED) is 0.301. The molecule has 0 saturated heterocycles. The molecule has 11 nitrogen and oxygen atoms in total. The topological polar surface area (TPSA) is 130 Å². The van der Waals surface area contributed by atoms with E-state index < -0.39 is 17.8 Å². The van der Waals surface area contributed by atoms with Crippen molar-refractivity contribution >= 4 is 29.5 Å². The third-order valence-electron chi connectivity index (χ3n) is 7.33. The van der Waals surface area contributed by atoms with Crippen LogP contribution in [0.1, 0.15) is 40.9 Å². The lowest BCUT2D eigenvalue weighted by molar-refractivity contribution is 0.0224. The fraction of sp³-hybridized carbons (Fsp3) is 0.281. The minimum absolute atomic E-state index is 0.237. The summed E-state index contributed by atoms with van der Waals surface area (Å²) in [6.07, 6.45) is 0.314. The number of alkyl carbamates (subject to hydrolysis) is 1. The molecule has 0 aliphatic carbocycles. The van der Waals surface area contributed by atoms with Gasteiger partial charge in [-0.15, -0.1) is 0 Å². The SMILES string of the molecule is C=CN(CC)c1ccc2c(c1)Oc1cc(N(CC)CCOC(=O)NC)ccc1C21OC(=O)c2ccccc21.CNC(=O)O. The van der Waals surface area contributed by atoms with E-state index in [1.165, 1.54) is 14.1 Å². The predicted molar refractivity (Wildman–Crippen MR) is 163 cm³/mol. The van der Waals surface area contributed by atoms with Crippen molar-refractivity contribution in [2.45, 2.75) is 19.4 Å². The Hall–Kier alpha value is -5.19. The van der Waals surface area contributed by atoms with E-state index in [1.54, 1.807) is 12.3 Å². The number of rotatable bonds is 8. The van der Waals surface area contributed by atoms with E-state index in [-0.39, 0.29) is 12.6 Å². The first kappa shape index (κ1) is 30.8. The van der Waals surface area contributed by atoms with Gasteiger partial charge in [0.1, 0.15) is 18.1 Å². The van der Waals surface area contributed by atoms with Gasteiger partial charge in [-0.3, -0.25) is 0 Å². The number of likely N-dealkylation sites (N-methyl/N-ethyl adjacent to an activating group) is 1. The molecular formula is C32H36N4O7. The lowest BCUT2D eigenvalue weighted by Crippen LogP contribution is -2.34. The molecule has 2 heterocycles. The molecule has 1 atom stereocenters. The molecule has 0 saturated carbocycles. The number of fused-ring (bicyclic) bond motifs is 6. The van der Waals surface area contributed by atoms with Gasteiger partial charge < -0.3 is 39.8 Å². The van der Waals surface area contributed by atoms with E-state index in [2.05, 4.69) is 16.8 Å². The second kappa shape index (κ2) is 13.2. The summed E-state index contributed by atoms with van der Waals surface area (Å²) in [6.45, 7) is 10.2. The Morgan fingerprint density at radius 3 is 2.16 bits per heavy atom. The smallest absolute Gasteiger partial charge is 0.406 e. The molecule has 5 rings (SSSR count). The summed E-state index contributed by atoms with van der Waals surface area (Å²) >= 11 is 0. The summed E-state index contributed by atoms with van der Waals surface area (Å²) in [6, 6.07) is 19.3. The number of ether oxygens (including phenoxy) is 3. The molecule has 2 aliphatic rings. The monoisotopic (exact) mass is 588 g/mol. The zero-order valence-electron chi connectivity index (χ0n) is 24.7. The first-order chi connectivity index (χ1) is 20.7. The molecule has 2 amide bonds. The highest BCUT2D eigenvalue weighted by molar-refractivity contribution is 5.97. The maximum absolute atomic E-state index is 13.1. The number of hydrogen-bond donors (Lipinski definition) is 3. The number of amides is 2. The summed E-state index contributed by atoms with van der Waals surface area (Å²) < 4.78 is 18.0. The van der Waals surface area contributed by atoms with Gasteiger partial charge in [-0.1, -0.05) is 24.8 Å². The van der Waals surface area contributed by atoms with Crippen LogP contribution >= 0.6 is 0 Å². The largest absolute Gasteiger partial charge is 0.465 e. The highest BCUT2D eigenvalue weighted by Gasteiger charge is 2.53. The summed E-state index contributed by atoms with van der Waals surface area (Å²) in [5.41, 5.74) is 3.56. The Morgan fingerprint density at radius 2 is 1.58 bits per heavy atom. The molecule has 0 aromatic heterocycles. The normalized spacial score (nSPS) is 15.3. The molecule has 3 aromatic carbocycles. The average Bonchev–Trinajstić information content (AvgIpc) is 3.32. The van der Waals surface area contributed by atoms with Gasteiger partial charge in [0, 0.05) is 67.4 Å². The van der Waals surface area contributed by atoms with Crippen LogP contribution < -0.4 is 25.2 Å². The number of benzene rings is 3. The van der Waals surface area contributed by atoms with E-state index >= 15 is 0 Å². The number of nitrogens with zero attached hydrogens (tertiary/aromatic N) is 2. The molecule has 1 spiro atoms. The Kier molecular flexibility index (Phi) is 9.44. The van der Waals surface area contributed by atoms with Gasteiger partial charge in [-0.05, 0) is 50.4 Å². The van der Waals surface area contributed by atoms with Gasteiger partial charge in [-0.2, -0.15) is 0 Å². The first-order valence-electron chi connectivity index (χ1n) is 13.9. The molecule has 0 bridgehead atoms. The Morgan fingerprint density at radius 1 is 0.953 bits per heavy atom. The van der Waals surface area contributed by atoms with Crippen molar-refractivity contribution in [2.24, 2.45) is 0 Å².